The van der Waals surface area contributed by atoms with Gasteiger partial charge in [0.1, 0.15) is 0 Å². The molecule has 1 aliphatic heterocycles. The van der Waals surface area contributed by atoms with Gasteiger partial charge in [-0.25, -0.2) is 4.31 Å². The number of nitro groups is 1. The number of benzene rings is 1. The lowest BCUT2D eigenvalue weighted by molar-refractivity contribution is -0.384. The van der Waals surface area contributed by atoms with Crippen LogP contribution >= 0.6 is 0 Å². The molecule has 1 aromatic rings. The summed E-state index contributed by atoms with van der Waals surface area (Å²) in [5.74, 6) is -0.696. The van der Waals surface area contributed by atoms with Gasteiger partial charge >= 0.3 is 10.2 Å². The van der Waals surface area contributed by atoms with Crippen molar-refractivity contribution in [2.75, 3.05) is 4.72 Å². The summed E-state index contributed by atoms with van der Waals surface area (Å²) in [6.07, 6.45) is 0. The third-order valence-corrected chi connectivity index (χ3v) is 4.19. The number of non-ortho nitro benzene ring substituents is 1. The number of nitro benzene ring substituents is 1. The zero-order chi connectivity index (χ0) is 14.4. The number of hydrogen-bond acceptors (Lipinski definition) is 5. The van der Waals surface area contributed by atoms with Gasteiger partial charge < -0.3 is 0 Å². The number of anilines is 1. The summed E-state index contributed by atoms with van der Waals surface area (Å²) < 4.78 is 26.7. The number of carbonyl (C=O) groups excluding carboxylic acids is 1. The molecule has 8 nitrogen and oxygen atoms in total. The van der Waals surface area contributed by atoms with E-state index in [0.717, 1.165) is 12.1 Å². The van der Waals surface area contributed by atoms with Crippen LogP contribution in [0, 0.1) is 10.1 Å². The molecular weight excluding hydrogens is 274 g/mol. The first-order chi connectivity index (χ1) is 8.74. The maximum absolute atomic E-state index is 12.1. The van der Waals surface area contributed by atoms with Crippen molar-refractivity contribution in [1.82, 2.24) is 4.31 Å². The minimum absolute atomic E-state index is 0.0731. The van der Waals surface area contributed by atoms with Crippen molar-refractivity contribution in [3.8, 4) is 0 Å². The lowest BCUT2D eigenvalue weighted by Crippen LogP contribution is -2.48. The molecular formula is C10H11N3O5S. The predicted octanol–water partition coefficient (Wildman–Crippen LogP) is 1.12. The number of nitrogens with one attached hydrogen (secondary N) is 1. The largest absolute Gasteiger partial charge is 0.326 e. The van der Waals surface area contributed by atoms with Gasteiger partial charge in [0.25, 0.3) is 11.6 Å². The van der Waals surface area contributed by atoms with Gasteiger partial charge in [-0.3, -0.25) is 19.6 Å². The highest BCUT2D eigenvalue weighted by Gasteiger charge is 2.37. The molecule has 0 saturated carbocycles. The Morgan fingerprint density at radius 3 is 2.53 bits per heavy atom. The average Bonchev–Trinajstić information content (AvgIpc) is 2.25. The Kier molecular flexibility index (Phi) is 2.93. The van der Waals surface area contributed by atoms with E-state index in [9.17, 15) is 23.3 Å². The molecule has 0 aliphatic carbocycles. The second-order valence-electron chi connectivity index (χ2n) is 4.29. The summed E-state index contributed by atoms with van der Waals surface area (Å²) in [4.78, 5) is 22.1. The van der Waals surface area contributed by atoms with Crippen molar-refractivity contribution in [3.05, 3.63) is 33.9 Å². The molecule has 102 valence electrons. The Labute approximate surface area is 109 Å². The van der Waals surface area contributed by atoms with Crippen molar-refractivity contribution in [3.63, 3.8) is 0 Å². The van der Waals surface area contributed by atoms with Gasteiger partial charge in [0.2, 0.25) is 0 Å². The Hall–Kier alpha value is -2.16. The van der Waals surface area contributed by atoms with Gasteiger partial charge in [0.05, 0.1) is 16.2 Å². The van der Waals surface area contributed by atoms with Crippen LogP contribution in [0.4, 0.5) is 11.4 Å². The fourth-order valence-corrected chi connectivity index (χ4v) is 3.26. The van der Waals surface area contributed by atoms with Crippen LogP contribution in [0.2, 0.25) is 0 Å². The topological polar surface area (TPSA) is 110 Å². The van der Waals surface area contributed by atoms with Crippen molar-refractivity contribution >= 4 is 27.5 Å². The van der Waals surface area contributed by atoms with Crippen LogP contribution in [0.25, 0.3) is 0 Å². The molecule has 0 spiro atoms. The summed E-state index contributed by atoms with van der Waals surface area (Å²) in [5.41, 5.74) is -0.266. The summed E-state index contributed by atoms with van der Waals surface area (Å²) >= 11 is 0. The van der Waals surface area contributed by atoms with Gasteiger partial charge in [-0.2, -0.15) is 8.42 Å². The second kappa shape index (κ2) is 4.19. The van der Waals surface area contributed by atoms with Crippen molar-refractivity contribution < 1.29 is 18.1 Å². The van der Waals surface area contributed by atoms with E-state index in [-0.39, 0.29) is 16.9 Å². The molecule has 1 N–H and O–H groups in total. The van der Waals surface area contributed by atoms with E-state index < -0.39 is 27.1 Å². The van der Waals surface area contributed by atoms with Crippen LogP contribution in [0.15, 0.2) is 18.2 Å². The first-order valence-corrected chi connectivity index (χ1v) is 6.83. The molecule has 0 aromatic heterocycles. The van der Waals surface area contributed by atoms with E-state index in [0.29, 0.717) is 4.31 Å². The molecule has 0 unspecified atom stereocenters. The molecule has 0 saturated heterocycles. The molecule has 19 heavy (non-hydrogen) atoms. The molecule has 1 heterocycles. The minimum Gasteiger partial charge on any atom is -0.268 e. The van der Waals surface area contributed by atoms with Gasteiger partial charge in [-0.15, -0.1) is 0 Å². The lowest BCUT2D eigenvalue weighted by atomic mass is 10.1. The summed E-state index contributed by atoms with van der Waals surface area (Å²) in [7, 11) is -4.02. The Morgan fingerprint density at radius 2 is 2.00 bits per heavy atom. The normalized spacial score (nSPS) is 17.0. The van der Waals surface area contributed by atoms with E-state index in [2.05, 4.69) is 4.72 Å². The van der Waals surface area contributed by atoms with E-state index in [4.69, 9.17) is 0 Å². The predicted molar refractivity (Wildman–Crippen MR) is 66.9 cm³/mol. The third kappa shape index (κ3) is 2.12. The van der Waals surface area contributed by atoms with E-state index >= 15 is 0 Å². The lowest BCUT2D eigenvalue weighted by Gasteiger charge is -2.31. The Balaban J connectivity index is 2.60. The highest BCUT2D eigenvalue weighted by molar-refractivity contribution is 7.91. The van der Waals surface area contributed by atoms with Gasteiger partial charge in [-0.05, 0) is 19.9 Å². The fraction of sp³-hybridized carbons (Fsp3) is 0.300. The van der Waals surface area contributed by atoms with E-state index in [1.165, 1.54) is 6.07 Å². The number of rotatable bonds is 2. The standard InChI is InChI=1S/C10H11N3O5S/c1-6(2)12-10(14)8-4-3-7(13(15)16)5-9(8)11-19(12,17)18/h3-6,11H,1-2H3. The van der Waals surface area contributed by atoms with E-state index in [1.807, 2.05) is 0 Å². The maximum atomic E-state index is 12.1. The molecule has 0 radical (unpaired) electrons. The number of fused-ring (bicyclic) bond motifs is 1. The van der Waals surface area contributed by atoms with Crippen molar-refractivity contribution in [1.29, 1.82) is 0 Å². The smallest absolute Gasteiger partial charge is 0.268 e. The van der Waals surface area contributed by atoms with Crippen LogP contribution in [0.5, 0.6) is 0 Å². The zero-order valence-electron chi connectivity index (χ0n) is 10.2. The van der Waals surface area contributed by atoms with E-state index in [1.54, 1.807) is 13.8 Å². The third-order valence-electron chi connectivity index (χ3n) is 2.61. The van der Waals surface area contributed by atoms with Gasteiger partial charge in [0.15, 0.2) is 0 Å². The van der Waals surface area contributed by atoms with Crippen LogP contribution in [0.1, 0.15) is 24.2 Å². The number of nitrogens with zero attached hydrogens (tertiary/aromatic N) is 2. The van der Waals surface area contributed by atoms with Crippen molar-refractivity contribution in [2.24, 2.45) is 0 Å². The highest BCUT2D eigenvalue weighted by Crippen LogP contribution is 2.30. The van der Waals surface area contributed by atoms with Crippen LogP contribution in [-0.2, 0) is 10.2 Å². The molecule has 0 atom stereocenters. The first-order valence-electron chi connectivity index (χ1n) is 5.39. The average molecular weight is 285 g/mol. The van der Waals surface area contributed by atoms with Crippen LogP contribution in [-0.4, -0.2) is 29.6 Å². The molecule has 0 bridgehead atoms. The molecule has 1 aliphatic rings. The maximum Gasteiger partial charge on any atom is 0.326 e. The zero-order valence-corrected chi connectivity index (χ0v) is 11.0. The SMILES string of the molecule is CC(C)N1C(=O)c2ccc([N+](=O)[O-])cc2NS1(=O)=O. The molecule has 1 amide bonds. The molecule has 2 rings (SSSR count). The van der Waals surface area contributed by atoms with Crippen LogP contribution < -0.4 is 4.72 Å². The minimum atomic E-state index is -4.02. The summed E-state index contributed by atoms with van der Waals surface area (Å²) in [6, 6.07) is 2.89. The number of amides is 1. The number of carbonyl (C=O) groups is 1. The monoisotopic (exact) mass is 285 g/mol. The summed E-state index contributed by atoms with van der Waals surface area (Å²) in [5, 5.41) is 10.6. The van der Waals surface area contributed by atoms with Crippen LogP contribution in [0.3, 0.4) is 0 Å². The molecule has 1 aromatic carbocycles. The highest BCUT2D eigenvalue weighted by atomic mass is 32.2. The Morgan fingerprint density at radius 1 is 1.37 bits per heavy atom. The molecule has 9 heteroatoms. The Bertz CT molecular complexity index is 668. The van der Waals surface area contributed by atoms with Crippen molar-refractivity contribution in [2.45, 2.75) is 19.9 Å². The second-order valence-corrected chi connectivity index (χ2v) is 5.84. The summed E-state index contributed by atoms with van der Waals surface area (Å²) in [6.45, 7) is 3.13. The fourth-order valence-electron chi connectivity index (χ4n) is 1.84. The number of hydrogen-bond donors (Lipinski definition) is 1. The van der Waals surface area contributed by atoms with Gasteiger partial charge in [0, 0.05) is 18.2 Å². The quantitative estimate of drug-likeness (QED) is 0.646. The molecule has 0 fully saturated rings. The van der Waals surface area contributed by atoms with Gasteiger partial charge in [-0.1, -0.05) is 0 Å². The first kappa shape index (κ1) is 13.3.